The molecule has 0 bridgehead atoms. The molecule has 0 radical (unpaired) electrons. The number of aromatic amines is 1. The quantitative estimate of drug-likeness (QED) is 0.719. The van der Waals surface area contributed by atoms with Crippen molar-refractivity contribution >= 4 is 10.9 Å². The molecule has 16 heavy (non-hydrogen) atoms. The van der Waals surface area contributed by atoms with Crippen LogP contribution < -0.4 is 5.32 Å². The summed E-state index contributed by atoms with van der Waals surface area (Å²) in [5.74, 6) is 0. The molecule has 0 saturated heterocycles. The molecule has 0 aliphatic heterocycles. The van der Waals surface area contributed by atoms with Crippen LogP contribution in [0.5, 0.6) is 0 Å². The van der Waals surface area contributed by atoms with Crippen LogP contribution in [0.1, 0.15) is 18.9 Å². The molecule has 1 aromatic heterocycles. The van der Waals surface area contributed by atoms with Crippen LogP contribution in [0.25, 0.3) is 10.9 Å². The molecule has 1 aromatic carbocycles. The van der Waals surface area contributed by atoms with Crippen molar-refractivity contribution in [1.29, 1.82) is 0 Å². The summed E-state index contributed by atoms with van der Waals surface area (Å²) in [7, 11) is 0. The van der Waals surface area contributed by atoms with Crippen LogP contribution in [0.2, 0.25) is 0 Å². The Hall–Kier alpha value is -1.32. The Kier molecular flexibility index (Phi) is 3.59. The number of hydrogen-bond donors (Lipinski definition) is 3. The van der Waals surface area contributed by atoms with Gasteiger partial charge in [0.2, 0.25) is 0 Å². The first-order valence-corrected chi connectivity index (χ1v) is 5.73. The number of H-pyrrole nitrogens is 1. The molecule has 0 amide bonds. The van der Waals surface area contributed by atoms with Crippen molar-refractivity contribution < 1.29 is 5.11 Å². The predicted octanol–water partition coefficient (Wildman–Crippen LogP) is 2.03. The van der Waals surface area contributed by atoms with E-state index < -0.39 is 0 Å². The molecule has 0 saturated carbocycles. The Balaban J connectivity index is 2.03. The van der Waals surface area contributed by atoms with E-state index in [1.807, 2.05) is 6.20 Å². The standard InChI is InChI=1S/C13H18N2O/c1-2-12(9-16)15-8-10-3-4-11-5-6-14-13(11)7-10/h3-7,12,14-16H,2,8-9H2,1H3/t12-/m1/s1. The summed E-state index contributed by atoms with van der Waals surface area (Å²) in [4.78, 5) is 3.20. The van der Waals surface area contributed by atoms with Gasteiger partial charge in [-0.05, 0) is 29.5 Å². The molecule has 3 heteroatoms. The molecule has 0 spiro atoms. The summed E-state index contributed by atoms with van der Waals surface area (Å²) < 4.78 is 0. The fraction of sp³-hybridized carbons (Fsp3) is 0.385. The van der Waals surface area contributed by atoms with Gasteiger partial charge in [-0.2, -0.15) is 0 Å². The van der Waals surface area contributed by atoms with E-state index in [-0.39, 0.29) is 12.6 Å². The van der Waals surface area contributed by atoms with Crippen molar-refractivity contribution in [3.05, 3.63) is 36.0 Å². The van der Waals surface area contributed by atoms with Crippen molar-refractivity contribution in [3.8, 4) is 0 Å². The molecular weight excluding hydrogens is 200 g/mol. The molecule has 2 aromatic rings. The molecule has 2 rings (SSSR count). The van der Waals surface area contributed by atoms with Crippen LogP contribution in [0, 0.1) is 0 Å². The first kappa shape index (κ1) is 11.2. The Labute approximate surface area is 95.5 Å². The van der Waals surface area contributed by atoms with Crippen LogP contribution in [0.15, 0.2) is 30.5 Å². The van der Waals surface area contributed by atoms with Gasteiger partial charge in [0.05, 0.1) is 6.61 Å². The van der Waals surface area contributed by atoms with Crippen LogP contribution in [-0.2, 0) is 6.54 Å². The molecular formula is C13H18N2O. The zero-order valence-electron chi connectivity index (χ0n) is 9.53. The van der Waals surface area contributed by atoms with Crippen molar-refractivity contribution in [3.63, 3.8) is 0 Å². The van der Waals surface area contributed by atoms with E-state index in [0.29, 0.717) is 0 Å². The van der Waals surface area contributed by atoms with Crippen molar-refractivity contribution in [2.24, 2.45) is 0 Å². The summed E-state index contributed by atoms with van der Waals surface area (Å²) >= 11 is 0. The number of fused-ring (bicyclic) bond motifs is 1. The maximum Gasteiger partial charge on any atom is 0.0584 e. The lowest BCUT2D eigenvalue weighted by Gasteiger charge is -2.13. The van der Waals surface area contributed by atoms with E-state index in [1.54, 1.807) is 0 Å². The van der Waals surface area contributed by atoms with Gasteiger partial charge in [0.1, 0.15) is 0 Å². The lowest BCUT2D eigenvalue weighted by molar-refractivity contribution is 0.238. The summed E-state index contributed by atoms with van der Waals surface area (Å²) in [6.07, 6.45) is 2.89. The normalized spacial score (nSPS) is 13.1. The highest BCUT2D eigenvalue weighted by Gasteiger charge is 2.03. The molecule has 1 atom stereocenters. The monoisotopic (exact) mass is 218 g/mol. The van der Waals surface area contributed by atoms with Crippen molar-refractivity contribution in [2.75, 3.05) is 6.61 Å². The topological polar surface area (TPSA) is 48.0 Å². The molecule has 3 N–H and O–H groups in total. The number of nitrogens with one attached hydrogen (secondary N) is 2. The summed E-state index contributed by atoms with van der Waals surface area (Å²) in [5, 5.41) is 13.6. The number of aromatic nitrogens is 1. The van der Waals surface area contributed by atoms with E-state index in [9.17, 15) is 0 Å². The lowest BCUT2D eigenvalue weighted by atomic mass is 10.1. The molecule has 0 aliphatic rings. The number of aliphatic hydroxyl groups excluding tert-OH is 1. The maximum absolute atomic E-state index is 9.07. The number of hydrogen-bond acceptors (Lipinski definition) is 2. The van der Waals surface area contributed by atoms with Gasteiger partial charge >= 0.3 is 0 Å². The highest BCUT2D eigenvalue weighted by atomic mass is 16.3. The van der Waals surface area contributed by atoms with Gasteiger partial charge in [-0.15, -0.1) is 0 Å². The molecule has 1 heterocycles. The van der Waals surface area contributed by atoms with Gasteiger partial charge in [0, 0.05) is 24.3 Å². The van der Waals surface area contributed by atoms with Crippen LogP contribution >= 0.6 is 0 Å². The lowest BCUT2D eigenvalue weighted by Crippen LogP contribution is -2.31. The van der Waals surface area contributed by atoms with Crippen LogP contribution in [0.3, 0.4) is 0 Å². The summed E-state index contributed by atoms with van der Waals surface area (Å²) in [6, 6.07) is 8.64. The smallest absolute Gasteiger partial charge is 0.0584 e. The Morgan fingerprint density at radius 1 is 1.38 bits per heavy atom. The summed E-state index contributed by atoms with van der Waals surface area (Å²) in [5.41, 5.74) is 2.40. The van der Waals surface area contributed by atoms with E-state index >= 15 is 0 Å². The van der Waals surface area contributed by atoms with Gasteiger partial charge < -0.3 is 15.4 Å². The second-order valence-corrected chi connectivity index (χ2v) is 4.07. The van der Waals surface area contributed by atoms with E-state index in [4.69, 9.17) is 5.11 Å². The Morgan fingerprint density at radius 3 is 3.00 bits per heavy atom. The van der Waals surface area contributed by atoms with Gasteiger partial charge in [-0.25, -0.2) is 0 Å². The third kappa shape index (κ3) is 2.43. The second kappa shape index (κ2) is 5.14. The highest BCUT2D eigenvalue weighted by Crippen LogP contribution is 2.14. The van der Waals surface area contributed by atoms with Gasteiger partial charge in [0.15, 0.2) is 0 Å². The first-order chi connectivity index (χ1) is 7.83. The minimum absolute atomic E-state index is 0.194. The molecule has 3 nitrogen and oxygen atoms in total. The Morgan fingerprint density at radius 2 is 2.25 bits per heavy atom. The zero-order valence-corrected chi connectivity index (χ0v) is 9.53. The SMILES string of the molecule is CC[C@H](CO)NCc1ccc2cc[nH]c2c1. The van der Waals surface area contributed by atoms with Gasteiger partial charge in [-0.3, -0.25) is 0 Å². The highest BCUT2D eigenvalue weighted by molar-refractivity contribution is 5.79. The van der Waals surface area contributed by atoms with Crippen molar-refractivity contribution in [1.82, 2.24) is 10.3 Å². The first-order valence-electron chi connectivity index (χ1n) is 5.73. The molecule has 0 aliphatic carbocycles. The molecule has 0 fully saturated rings. The second-order valence-electron chi connectivity index (χ2n) is 4.07. The van der Waals surface area contributed by atoms with Crippen LogP contribution in [-0.4, -0.2) is 22.7 Å². The third-order valence-electron chi connectivity index (χ3n) is 2.93. The fourth-order valence-corrected chi connectivity index (χ4v) is 1.81. The minimum atomic E-state index is 0.194. The van der Waals surface area contributed by atoms with Crippen molar-refractivity contribution in [2.45, 2.75) is 25.9 Å². The van der Waals surface area contributed by atoms with E-state index in [2.05, 4.69) is 41.5 Å². The zero-order chi connectivity index (χ0) is 11.4. The molecule has 86 valence electrons. The molecule has 0 unspecified atom stereocenters. The maximum atomic E-state index is 9.07. The van der Waals surface area contributed by atoms with E-state index in [0.717, 1.165) is 18.5 Å². The summed E-state index contributed by atoms with van der Waals surface area (Å²) in [6.45, 7) is 3.07. The van der Waals surface area contributed by atoms with E-state index in [1.165, 1.54) is 10.9 Å². The largest absolute Gasteiger partial charge is 0.395 e. The number of aliphatic hydroxyl groups is 1. The average molecular weight is 218 g/mol. The van der Waals surface area contributed by atoms with Crippen LogP contribution in [0.4, 0.5) is 0 Å². The fourth-order valence-electron chi connectivity index (χ4n) is 1.81. The number of benzene rings is 1. The minimum Gasteiger partial charge on any atom is -0.395 e. The average Bonchev–Trinajstić information content (AvgIpc) is 2.77. The predicted molar refractivity (Wildman–Crippen MR) is 66.3 cm³/mol. The third-order valence-corrected chi connectivity index (χ3v) is 2.93. The number of rotatable bonds is 5. The Bertz CT molecular complexity index is 446. The van der Waals surface area contributed by atoms with Gasteiger partial charge in [-0.1, -0.05) is 19.1 Å². The van der Waals surface area contributed by atoms with Gasteiger partial charge in [0.25, 0.3) is 0 Å².